The summed E-state index contributed by atoms with van der Waals surface area (Å²) in [4.78, 5) is -0.593. The summed E-state index contributed by atoms with van der Waals surface area (Å²) < 4.78 is 79.6. The van der Waals surface area contributed by atoms with Crippen molar-refractivity contribution in [1.29, 1.82) is 5.26 Å². The fourth-order valence-corrected chi connectivity index (χ4v) is 3.50. The second-order valence-electron chi connectivity index (χ2n) is 5.89. The standard InChI is InChI=1S/C18H12F4N4O2S/c19-15-9-13(10-23)3-6-16(15)29(27,28)24-11-12-1-4-14(5-2-12)26-8-7-17(25-26)18(20,21)22/h1-9,24H,11H2. The number of hydrogen-bond donors (Lipinski definition) is 1. The Bertz CT molecular complexity index is 1180. The van der Waals surface area contributed by atoms with E-state index in [1.807, 2.05) is 0 Å². The van der Waals surface area contributed by atoms with E-state index in [4.69, 9.17) is 5.26 Å². The minimum absolute atomic E-state index is 0.00987. The van der Waals surface area contributed by atoms with Gasteiger partial charge >= 0.3 is 6.18 Å². The van der Waals surface area contributed by atoms with E-state index in [-0.39, 0.29) is 12.1 Å². The lowest BCUT2D eigenvalue weighted by Crippen LogP contribution is -2.24. The van der Waals surface area contributed by atoms with E-state index in [0.29, 0.717) is 11.3 Å². The summed E-state index contributed by atoms with van der Waals surface area (Å²) in [6.45, 7) is -0.172. The molecule has 2 aromatic carbocycles. The summed E-state index contributed by atoms with van der Waals surface area (Å²) in [6.07, 6.45) is -3.39. The van der Waals surface area contributed by atoms with Crippen LogP contribution in [0.3, 0.4) is 0 Å². The Balaban J connectivity index is 1.72. The molecule has 0 radical (unpaired) electrons. The van der Waals surface area contributed by atoms with E-state index in [1.165, 1.54) is 30.3 Å². The van der Waals surface area contributed by atoms with Crippen LogP contribution in [0.15, 0.2) is 59.6 Å². The fourth-order valence-electron chi connectivity index (χ4n) is 2.43. The van der Waals surface area contributed by atoms with Gasteiger partial charge < -0.3 is 0 Å². The van der Waals surface area contributed by atoms with Crippen LogP contribution in [0.25, 0.3) is 5.69 Å². The van der Waals surface area contributed by atoms with Gasteiger partial charge in [0.25, 0.3) is 0 Å². The van der Waals surface area contributed by atoms with Crippen molar-refractivity contribution in [3.63, 3.8) is 0 Å². The topological polar surface area (TPSA) is 87.8 Å². The molecule has 1 aromatic heterocycles. The predicted octanol–water partition coefficient (Wildman–Crippen LogP) is 3.38. The molecule has 0 amide bonds. The molecule has 3 rings (SSSR count). The zero-order valence-electron chi connectivity index (χ0n) is 14.5. The van der Waals surface area contributed by atoms with Gasteiger partial charge in [-0.25, -0.2) is 22.2 Å². The molecule has 0 atom stereocenters. The zero-order valence-corrected chi connectivity index (χ0v) is 15.3. The molecule has 0 unspecified atom stereocenters. The Kier molecular flexibility index (Phi) is 5.41. The number of nitrogens with zero attached hydrogens (tertiary/aromatic N) is 3. The first-order valence-electron chi connectivity index (χ1n) is 8.02. The molecular weight excluding hydrogens is 412 g/mol. The first-order valence-corrected chi connectivity index (χ1v) is 9.50. The highest BCUT2D eigenvalue weighted by molar-refractivity contribution is 7.89. The number of benzene rings is 2. The Hall–Kier alpha value is -3.23. The average molecular weight is 424 g/mol. The van der Waals surface area contributed by atoms with Gasteiger partial charge in [-0.15, -0.1) is 0 Å². The maximum atomic E-state index is 13.9. The van der Waals surface area contributed by atoms with E-state index >= 15 is 0 Å². The van der Waals surface area contributed by atoms with Crippen LogP contribution in [0, 0.1) is 17.1 Å². The molecule has 1 N–H and O–H groups in total. The van der Waals surface area contributed by atoms with Crippen molar-refractivity contribution in [3.8, 4) is 11.8 Å². The van der Waals surface area contributed by atoms with Crippen molar-refractivity contribution in [2.24, 2.45) is 0 Å². The summed E-state index contributed by atoms with van der Waals surface area (Å²) in [5.41, 5.74) is -0.192. The lowest BCUT2D eigenvalue weighted by atomic mass is 10.2. The third-order valence-corrected chi connectivity index (χ3v) is 5.33. The predicted molar refractivity (Wildman–Crippen MR) is 93.7 cm³/mol. The molecule has 0 fully saturated rings. The van der Waals surface area contributed by atoms with E-state index < -0.39 is 32.6 Å². The van der Waals surface area contributed by atoms with Gasteiger partial charge in [0.1, 0.15) is 10.7 Å². The molecule has 0 spiro atoms. The van der Waals surface area contributed by atoms with Crippen LogP contribution >= 0.6 is 0 Å². The molecule has 0 saturated heterocycles. The lowest BCUT2D eigenvalue weighted by Gasteiger charge is -2.09. The average Bonchev–Trinajstić information content (AvgIpc) is 3.17. The van der Waals surface area contributed by atoms with Crippen molar-refractivity contribution >= 4 is 10.0 Å². The van der Waals surface area contributed by atoms with Gasteiger partial charge in [-0.3, -0.25) is 0 Å². The lowest BCUT2D eigenvalue weighted by molar-refractivity contribution is -0.141. The minimum Gasteiger partial charge on any atom is -0.240 e. The molecular formula is C18H12F4N4O2S. The molecule has 0 saturated carbocycles. The molecule has 1 heterocycles. The van der Waals surface area contributed by atoms with Gasteiger partial charge in [0.2, 0.25) is 10.0 Å². The summed E-state index contributed by atoms with van der Waals surface area (Å²) in [6, 6.07) is 11.5. The van der Waals surface area contributed by atoms with Gasteiger partial charge in [0.05, 0.1) is 17.3 Å². The molecule has 0 aliphatic rings. The number of nitriles is 1. The number of halogens is 4. The maximum absolute atomic E-state index is 13.9. The van der Waals surface area contributed by atoms with Crippen LogP contribution in [0.1, 0.15) is 16.8 Å². The minimum atomic E-state index is -4.55. The smallest absolute Gasteiger partial charge is 0.240 e. The van der Waals surface area contributed by atoms with Crippen LogP contribution in [0.2, 0.25) is 0 Å². The van der Waals surface area contributed by atoms with Crippen molar-refractivity contribution in [1.82, 2.24) is 14.5 Å². The summed E-state index contributed by atoms with van der Waals surface area (Å²) in [7, 11) is -4.17. The first-order chi connectivity index (χ1) is 13.6. The molecule has 0 aliphatic heterocycles. The second kappa shape index (κ2) is 7.65. The fraction of sp³-hybridized carbons (Fsp3) is 0.111. The SMILES string of the molecule is N#Cc1ccc(S(=O)(=O)NCc2ccc(-n3ccc(C(F)(F)F)n3)cc2)c(F)c1. The summed E-state index contributed by atoms with van der Waals surface area (Å²) >= 11 is 0. The zero-order chi connectivity index (χ0) is 21.2. The quantitative estimate of drug-likeness (QED) is 0.636. The van der Waals surface area contributed by atoms with Crippen LogP contribution in [-0.4, -0.2) is 18.2 Å². The normalized spacial score (nSPS) is 12.0. The molecule has 6 nitrogen and oxygen atoms in total. The van der Waals surface area contributed by atoms with Gasteiger partial charge in [-0.1, -0.05) is 12.1 Å². The van der Waals surface area contributed by atoms with E-state index in [0.717, 1.165) is 29.1 Å². The highest BCUT2D eigenvalue weighted by atomic mass is 32.2. The van der Waals surface area contributed by atoms with E-state index in [2.05, 4.69) is 9.82 Å². The third kappa shape index (κ3) is 4.61. The summed E-state index contributed by atoms with van der Waals surface area (Å²) in [5.74, 6) is -1.05. The van der Waals surface area contributed by atoms with Crippen molar-refractivity contribution in [2.75, 3.05) is 0 Å². The van der Waals surface area contributed by atoms with E-state index in [1.54, 1.807) is 6.07 Å². The van der Waals surface area contributed by atoms with Gasteiger partial charge in [0, 0.05) is 12.7 Å². The van der Waals surface area contributed by atoms with Crippen molar-refractivity contribution < 1.29 is 26.0 Å². The van der Waals surface area contributed by atoms with Crippen LogP contribution in [-0.2, 0) is 22.7 Å². The van der Waals surface area contributed by atoms with Crippen LogP contribution in [0.5, 0.6) is 0 Å². The highest BCUT2D eigenvalue weighted by Crippen LogP contribution is 2.27. The number of sulfonamides is 1. The van der Waals surface area contributed by atoms with E-state index in [9.17, 15) is 26.0 Å². The van der Waals surface area contributed by atoms with Crippen LogP contribution < -0.4 is 4.72 Å². The molecule has 29 heavy (non-hydrogen) atoms. The highest BCUT2D eigenvalue weighted by Gasteiger charge is 2.33. The first kappa shape index (κ1) is 20.5. The second-order valence-corrected chi connectivity index (χ2v) is 7.63. The van der Waals surface area contributed by atoms with Gasteiger partial charge in [-0.2, -0.15) is 23.5 Å². The molecule has 0 aliphatic carbocycles. The molecule has 150 valence electrons. The summed E-state index contributed by atoms with van der Waals surface area (Å²) in [5, 5.41) is 12.2. The van der Waals surface area contributed by atoms with Crippen LogP contribution in [0.4, 0.5) is 17.6 Å². The number of alkyl halides is 3. The molecule has 0 bridgehead atoms. The third-order valence-electron chi connectivity index (χ3n) is 3.90. The number of hydrogen-bond acceptors (Lipinski definition) is 4. The molecule has 3 aromatic rings. The monoisotopic (exact) mass is 424 g/mol. The van der Waals surface area contributed by atoms with Gasteiger partial charge in [-0.05, 0) is 42.0 Å². The Morgan fingerprint density at radius 2 is 1.79 bits per heavy atom. The van der Waals surface area contributed by atoms with Crippen molar-refractivity contribution in [3.05, 3.63) is 77.4 Å². The number of rotatable bonds is 5. The maximum Gasteiger partial charge on any atom is 0.435 e. The Morgan fingerprint density at radius 3 is 2.34 bits per heavy atom. The Labute approximate surface area is 163 Å². The Morgan fingerprint density at radius 1 is 1.10 bits per heavy atom. The van der Waals surface area contributed by atoms with Crippen molar-refractivity contribution in [2.45, 2.75) is 17.6 Å². The largest absolute Gasteiger partial charge is 0.435 e. The number of nitrogens with one attached hydrogen (secondary N) is 1. The van der Waals surface area contributed by atoms with Gasteiger partial charge in [0.15, 0.2) is 5.69 Å². The number of aromatic nitrogens is 2. The molecule has 11 heteroatoms.